The second-order valence-electron chi connectivity index (χ2n) is 9.67. The Morgan fingerprint density at radius 2 is 2.00 bits per heavy atom. The average Bonchev–Trinajstić information content (AvgIpc) is 3.62. The number of nitrogens with zero attached hydrogens (tertiary/aromatic N) is 6. The lowest BCUT2D eigenvalue weighted by molar-refractivity contribution is -0.135. The number of aromatic nitrogens is 5. The maximum atomic E-state index is 13.2. The SMILES string of the molecule is Cn1nc(-c2cnc3[nH]cc(OC(=O)N[C@@H](C(=O)N4CCC(C#N)CC4)C4CC4)c3n2)c2ccccc21. The quantitative estimate of drug-likeness (QED) is 0.430. The van der Waals surface area contributed by atoms with E-state index in [0.717, 1.165) is 23.7 Å². The van der Waals surface area contributed by atoms with E-state index in [-0.39, 0.29) is 23.5 Å². The summed E-state index contributed by atoms with van der Waals surface area (Å²) in [6.45, 7) is 1.06. The number of nitriles is 1. The summed E-state index contributed by atoms with van der Waals surface area (Å²) >= 11 is 0. The first-order valence-corrected chi connectivity index (χ1v) is 12.4. The summed E-state index contributed by atoms with van der Waals surface area (Å²) in [5.41, 5.74) is 3.08. The Kier molecular flexibility index (Phi) is 5.71. The van der Waals surface area contributed by atoms with Crippen molar-refractivity contribution in [3.63, 3.8) is 0 Å². The van der Waals surface area contributed by atoms with E-state index < -0.39 is 12.1 Å². The van der Waals surface area contributed by atoms with Gasteiger partial charge in [0.15, 0.2) is 16.9 Å². The lowest BCUT2D eigenvalue weighted by Crippen LogP contribution is -2.52. The Morgan fingerprint density at radius 3 is 2.76 bits per heavy atom. The summed E-state index contributed by atoms with van der Waals surface area (Å²) in [5, 5.41) is 17.5. The molecule has 1 aromatic carbocycles. The van der Waals surface area contributed by atoms with Gasteiger partial charge in [-0.3, -0.25) is 9.48 Å². The van der Waals surface area contributed by atoms with Crippen molar-refractivity contribution >= 4 is 34.1 Å². The van der Waals surface area contributed by atoms with Gasteiger partial charge < -0.3 is 19.9 Å². The standard InChI is InChI=1S/C26H26N8O3/c1-33-19-5-3-2-4-17(19)22(32-33)18-13-28-24-23(30-18)20(14-29-24)37-26(36)31-21(16-6-7-16)25(35)34-10-8-15(12-27)9-11-34/h2-5,13-16,21H,6-11H2,1H3,(H,28,29)(H,31,36)/t21-/m1/s1. The first-order valence-electron chi connectivity index (χ1n) is 12.4. The zero-order valence-electron chi connectivity index (χ0n) is 20.3. The van der Waals surface area contributed by atoms with Gasteiger partial charge in [0.1, 0.15) is 17.4 Å². The number of benzene rings is 1. The molecule has 1 saturated heterocycles. The van der Waals surface area contributed by atoms with Crippen LogP contribution in [0.5, 0.6) is 5.75 Å². The van der Waals surface area contributed by atoms with Crippen LogP contribution in [-0.2, 0) is 11.8 Å². The molecule has 0 unspecified atom stereocenters. The number of ether oxygens (including phenoxy) is 1. The Morgan fingerprint density at radius 1 is 1.22 bits per heavy atom. The number of para-hydroxylation sites is 1. The van der Waals surface area contributed by atoms with Crippen molar-refractivity contribution in [1.29, 1.82) is 5.26 Å². The van der Waals surface area contributed by atoms with Crippen LogP contribution in [0.3, 0.4) is 0 Å². The number of aromatic amines is 1. The molecule has 1 saturated carbocycles. The zero-order valence-corrected chi connectivity index (χ0v) is 20.3. The Bertz CT molecular complexity index is 1540. The van der Waals surface area contributed by atoms with Crippen molar-refractivity contribution < 1.29 is 14.3 Å². The number of H-pyrrole nitrogens is 1. The monoisotopic (exact) mass is 498 g/mol. The van der Waals surface area contributed by atoms with Crippen LogP contribution in [0.25, 0.3) is 33.5 Å². The molecule has 1 aliphatic carbocycles. The molecule has 0 bridgehead atoms. The van der Waals surface area contributed by atoms with Crippen molar-refractivity contribution in [3.05, 3.63) is 36.7 Å². The van der Waals surface area contributed by atoms with E-state index in [2.05, 4.69) is 26.5 Å². The fourth-order valence-corrected chi connectivity index (χ4v) is 4.96. The maximum absolute atomic E-state index is 13.2. The highest BCUT2D eigenvalue weighted by Crippen LogP contribution is 2.34. The first kappa shape index (κ1) is 23.0. The van der Waals surface area contributed by atoms with Crippen LogP contribution in [0, 0.1) is 23.2 Å². The molecule has 11 nitrogen and oxygen atoms in total. The molecule has 11 heteroatoms. The first-order chi connectivity index (χ1) is 18.0. The summed E-state index contributed by atoms with van der Waals surface area (Å²) in [4.78, 5) is 39.9. The van der Waals surface area contributed by atoms with E-state index in [1.54, 1.807) is 15.8 Å². The van der Waals surface area contributed by atoms with Gasteiger partial charge in [-0.15, -0.1) is 0 Å². The fourth-order valence-electron chi connectivity index (χ4n) is 4.96. The van der Waals surface area contributed by atoms with Gasteiger partial charge in [-0.1, -0.05) is 18.2 Å². The maximum Gasteiger partial charge on any atom is 0.413 e. The number of hydrogen-bond acceptors (Lipinski definition) is 7. The molecule has 1 atom stereocenters. The largest absolute Gasteiger partial charge is 0.413 e. The molecule has 0 spiro atoms. The van der Waals surface area contributed by atoms with Crippen LogP contribution in [-0.4, -0.2) is 60.8 Å². The van der Waals surface area contributed by atoms with Gasteiger partial charge in [0.05, 0.1) is 17.8 Å². The number of likely N-dealkylation sites (tertiary alicyclic amines) is 1. The van der Waals surface area contributed by atoms with Crippen molar-refractivity contribution in [2.24, 2.45) is 18.9 Å². The highest BCUT2D eigenvalue weighted by Gasteiger charge is 2.40. The lowest BCUT2D eigenvalue weighted by Gasteiger charge is -2.32. The topological polar surface area (TPSA) is 142 Å². The average molecular weight is 499 g/mol. The van der Waals surface area contributed by atoms with Crippen LogP contribution in [0.1, 0.15) is 25.7 Å². The number of fused-ring (bicyclic) bond motifs is 2. The van der Waals surface area contributed by atoms with E-state index >= 15 is 0 Å². The Balaban J connectivity index is 1.20. The molecule has 4 aromatic rings. The van der Waals surface area contributed by atoms with Crippen LogP contribution in [0.2, 0.25) is 0 Å². The molecule has 188 valence electrons. The molecular formula is C26H26N8O3. The molecule has 3 aromatic heterocycles. The Hall–Kier alpha value is -4.46. The number of aryl methyl sites for hydroxylation is 1. The molecule has 4 heterocycles. The zero-order chi connectivity index (χ0) is 25.5. The van der Waals surface area contributed by atoms with E-state index in [1.165, 1.54) is 6.20 Å². The summed E-state index contributed by atoms with van der Waals surface area (Å²) < 4.78 is 7.40. The van der Waals surface area contributed by atoms with Crippen molar-refractivity contribution in [2.45, 2.75) is 31.7 Å². The van der Waals surface area contributed by atoms with E-state index in [9.17, 15) is 9.59 Å². The third-order valence-electron chi connectivity index (χ3n) is 7.17. The Labute approximate surface area is 212 Å². The summed E-state index contributed by atoms with van der Waals surface area (Å²) in [7, 11) is 1.87. The minimum Gasteiger partial charge on any atom is -0.406 e. The molecular weight excluding hydrogens is 472 g/mol. The predicted octanol–water partition coefficient (Wildman–Crippen LogP) is 3.14. The third kappa shape index (κ3) is 4.35. The summed E-state index contributed by atoms with van der Waals surface area (Å²) in [5.74, 6) is 0.191. The molecule has 2 aliphatic rings. The molecule has 2 fully saturated rings. The number of carbonyl (C=O) groups is 2. The predicted molar refractivity (Wildman–Crippen MR) is 134 cm³/mol. The molecule has 0 radical (unpaired) electrons. The lowest BCUT2D eigenvalue weighted by atomic mass is 9.97. The minimum atomic E-state index is -0.714. The highest BCUT2D eigenvalue weighted by molar-refractivity contribution is 5.94. The van der Waals surface area contributed by atoms with Crippen molar-refractivity contribution in [1.82, 2.24) is 34.9 Å². The van der Waals surface area contributed by atoms with Crippen molar-refractivity contribution in [3.8, 4) is 23.2 Å². The summed E-state index contributed by atoms with van der Waals surface area (Å²) in [6, 6.07) is 9.49. The molecule has 6 rings (SSSR count). The number of carbonyl (C=O) groups excluding carboxylic acids is 2. The number of piperidine rings is 1. The van der Waals surface area contributed by atoms with Crippen LogP contribution in [0.15, 0.2) is 36.7 Å². The van der Waals surface area contributed by atoms with E-state index in [4.69, 9.17) is 15.0 Å². The van der Waals surface area contributed by atoms with Gasteiger partial charge in [-0.25, -0.2) is 14.8 Å². The van der Waals surface area contributed by atoms with Gasteiger partial charge in [0, 0.05) is 37.6 Å². The number of hydrogen-bond donors (Lipinski definition) is 2. The van der Waals surface area contributed by atoms with Gasteiger partial charge in [-0.05, 0) is 37.7 Å². The van der Waals surface area contributed by atoms with Crippen LogP contribution < -0.4 is 10.1 Å². The van der Waals surface area contributed by atoms with Gasteiger partial charge in [-0.2, -0.15) is 10.4 Å². The third-order valence-corrected chi connectivity index (χ3v) is 7.17. The molecule has 1 aliphatic heterocycles. The molecule has 37 heavy (non-hydrogen) atoms. The smallest absolute Gasteiger partial charge is 0.406 e. The van der Waals surface area contributed by atoms with Gasteiger partial charge in [0.25, 0.3) is 0 Å². The number of amides is 2. The second-order valence-corrected chi connectivity index (χ2v) is 9.67. The van der Waals surface area contributed by atoms with E-state index in [0.29, 0.717) is 48.5 Å². The van der Waals surface area contributed by atoms with Gasteiger partial charge >= 0.3 is 6.09 Å². The highest BCUT2D eigenvalue weighted by atomic mass is 16.6. The van der Waals surface area contributed by atoms with Crippen molar-refractivity contribution in [2.75, 3.05) is 13.1 Å². The second kappa shape index (κ2) is 9.20. The summed E-state index contributed by atoms with van der Waals surface area (Å²) in [6.07, 6.45) is 5.53. The normalized spacial score (nSPS) is 17.0. The van der Waals surface area contributed by atoms with Crippen LogP contribution in [0.4, 0.5) is 4.79 Å². The minimum absolute atomic E-state index is 0.0155. The van der Waals surface area contributed by atoms with E-state index in [1.807, 2.05) is 31.3 Å². The van der Waals surface area contributed by atoms with Gasteiger partial charge in [0.2, 0.25) is 5.91 Å². The van der Waals surface area contributed by atoms with Crippen LogP contribution >= 0.6 is 0 Å². The number of rotatable bonds is 5. The molecule has 2 amide bonds. The number of nitrogens with one attached hydrogen (secondary N) is 2. The molecule has 2 N–H and O–H groups in total. The fraction of sp³-hybridized carbons (Fsp3) is 0.385.